The molecule has 138 valence electrons. The van der Waals surface area contributed by atoms with Gasteiger partial charge in [0.15, 0.2) is 0 Å². The zero-order chi connectivity index (χ0) is 18.1. The van der Waals surface area contributed by atoms with E-state index >= 15 is 0 Å². The van der Waals surface area contributed by atoms with Crippen molar-refractivity contribution in [2.45, 2.75) is 45.6 Å². The summed E-state index contributed by atoms with van der Waals surface area (Å²) in [6, 6.07) is -0.447. The molecule has 0 aromatic carbocycles. The fraction of sp³-hybridized carbons (Fsp3) is 0.824. The first-order chi connectivity index (χ1) is 11.4. The Bertz CT molecular complexity index is 439. The van der Waals surface area contributed by atoms with Crippen LogP contribution >= 0.6 is 0 Å². The first kappa shape index (κ1) is 20.4. The van der Waals surface area contributed by atoms with E-state index < -0.39 is 6.04 Å². The van der Waals surface area contributed by atoms with E-state index in [1.165, 1.54) is 14.2 Å². The van der Waals surface area contributed by atoms with E-state index in [-0.39, 0.29) is 30.2 Å². The quantitative estimate of drug-likeness (QED) is 0.662. The number of amides is 1. The maximum Gasteiger partial charge on any atom is 0.323 e. The number of carbonyl (C=O) groups excluding carboxylic acids is 3. The van der Waals surface area contributed by atoms with Crippen LogP contribution in [-0.4, -0.2) is 62.6 Å². The van der Waals surface area contributed by atoms with Crippen LogP contribution in [0.25, 0.3) is 0 Å². The van der Waals surface area contributed by atoms with Crippen LogP contribution in [0.15, 0.2) is 0 Å². The van der Waals surface area contributed by atoms with Crippen molar-refractivity contribution < 1.29 is 23.9 Å². The lowest BCUT2D eigenvalue weighted by Gasteiger charge is -2.37. The van der Waals surface area contributed by atoms with Crippen LogP contribution in [-0.2, 0) is 23.9 Å². The van der Waals surface area contributed by atoms with Gasteiger partial charge in [-0.2, -0.15) is 0 Å². The van der Waals surface area contributed by atoms with Gasteiger partial charge in [0, 0.05) is 25.4 Å². The van der Waals surface area contributed by atoms with Crippen molar-refractivity contribution in [1.29, 1.82) is 0 Å². The molecule has 1 N–H and O–H groups in total. The predicted molar refractivity (Wildman–Crippen MR) is 89.2 cm³/mol. The lowest BCUT2D eigenvalue weighted by Crippen LogP contribution is -2.49. The fourth-order valence-electron chi connectivity index (χ4n) is 2.94. The molecule has 1 amide bonds. The first-order valence-electron chi connectivity index (χ1n) is 8.55. The third-order valence-electron chi connectivity index (χ3n) is 4.40. The summed E-state index contributed by atoms with van der Waals surface area (Å²) in [5.74, 6) is -0.353. The second-order valence-corrected chi connectivity index (χ2v) is 6.56. The van der Waals surface area contributed by atoms with Gasteiger partial charge in [-0.3, -0.25) is 19.3 Å². The van der Waals surface area contributed by atoms with Gasteiger partial charge in [-0.1, -0.05) is 13.8 Å². The molecule has 2 atom stereocenters. The average molecular weight is 342 g/mol. The van der Waals surface area contributed by atoms with Gasteiger partial charge in [0.1, 0.15) is 6.04 Å². The van der Waals surface area contributed by atoms with Crippen LogP contribution in [0.1, 0.15) is 39.5 Å². The van der Waals surface area contributed by atoms with Gasteiger partial charge in [-0.15, -0.1) is 0 Å². The summed E-state index contributed by atoms with van der Waals surface area (Å²) in [6.07, 6.45) is 2.53. The van der Waals surface area contributed by atoms with E-state index in [1.54, 1.807) is 0 Å². The highest BCUT2D eigenvalue weighted by Gasteiger charge is 2.31. The second-order valence-electron chi connectivity index (χ2n) is 6.56. The number of piperidine rings is 1. The number of carbonyl (C=O) groups is 3. The van der Waals surface area contributed by atoms with Crippen LogP contribution in [0.5, 0.6) is 0 Å². The number of ether oxygens (including phenoxy) is 2. The first-order valence-corrected chi connectivity index (χ1v) is 8.55. The molecule has 2 unspecified atom stereocenters. The molecule has 1 rings (SSSR count). The van der Waals surface area contributed by atoms with Crippen molar-refractivity contribution in [3.05, 3.63) is 0 Å². The Labute approximate surface area is 144 Å². The van der Waals surface area contributed by atoms with Crippen molar-refractivity contribution in [2.24, 2.45) is 11.8 Å². The monoisotopic (exact) mass is 342 g/mol. The number of nitrogens with zero attached hydrogens (tertiary/aromatic N) is 1. The third-order valence-corrected chi connectivity index (χ3v) is 4.40. The molecule has 1 heterocycles. The van der Waals surface area contributed by atoms with Gasteiger partial charge in [0.05, 0.1) is 14.2 Å². The molecule has 0 spiro atoms. The van der Waals surface area contributed by atoms with Gasteiger partial charge in [0.25, 0.3) is 0 Å². The molecule has 0 bridgehead atoms. The van der Waals surface area contributed by atoms with Crippen LogP contribution in [0.4, 0.5) is 0 Å². The smallest absolute Gasteiger partial charge is 0.323 e. The summed E-state index contributed by atoms with van der Waals surface area (Å²) < 4.78 is 9.55. The zero-order valence-corrected chi connectivity index (χ0v) is 15.2. The van der Waals surface area contributed by atoms with Crippen LogP contribution < -0.4 is 5.32 Å². The van der Waals surface area contributed by atoms with Gasteiger partial charge >= 0.3 is 11.9 Å². The molecular formula is C17H30N2O5. The zero-order valence-electron chi connectivity index (χ0n) is 15.2. The molecule has 1 saturated heterocycles. The van der Waals surface area contributed by atoms with Crippen molar-refractivity contribution in [3.8, 4) is 0 Å². The number of methoxy groups -OCH3 is 2. The van der Waals surface area contributed by atoms with Crippen molar-refractivity contribution in [2.75, 3.05) is 33.9 Å². The Hall–Kier alpha value is -1.63. The molecule has 1 aliphatic heterocycles. The molecule has 7 nitrogen and oxygen atoms in total. The minimum Gasteiger partial charge on any atom is -0.469 e. The topological polar surface area (TPSA) is 84.9 Å². The maximum atomic E-state index is 12.1. The van der Waals surface area contributed by atoms with Crippen molar-refractivity contribution in [1.82, 2.24) is 10.2 Å². The average Bonchev–Trinajstić information content (AvgIpc) is 2.59. The molecular weight excluding hydrogens is 312 g/mol. The minimum absolute atomic E-state index is 0.0347. The van der Waals surface area contributed by atoms with Crippen LogP contribution in [0.3, 0.4) is 0 Å². The molecule has 7 heteroatoms. The standard InChI is InChI=1S/C17H30N2O5/c1-12(2)16(21)18-10-13-6-5-9-19(11-13)14(17(22)24-4)7-8-15(20)23-3/h12-14H,5-11H2,1-4H3,(H,18,21). The van der Waals surface area contributed by atoms with Gasteiger partial charge in [0.2, 0.25) is 5.91 Å². The molecule has 0 aromatic rings. The van der Waals surface area contributed by atoms with E-state index in [9.17, 15) is 14.4 Å². The number of hydrogen-bond acceptors (Lipinski definition) is 6. The largest absolute Gasteiger partial charge is 0.469 e. The minimum atomic E-state index is -0.447. The summed E-state index contributed by atoms with van der Waals surface area (Å²) in [6.45, 7) is 5.83. The van der Waals surface area contributed by atoms with Crippen LogP contribution in [0, 0.1) is 11.8 Å². The summed E-state index contributed by atoms with van der Waals surface area (Å²) in [7, 11) is 2.70. The Morgan fingerprint density at radius 3 is 2.50 bits per heavy atom. The van der Waals surface area contributed by atoms with E-state index in [1.807, 2.05) is 13.8 Å². The van der Waals surface area contributed by atoms with Gasteiger partial charge < -0.3 is 14.8 Å². The SMILES string of the molecule is COC(=O)CCC(C(=O)OC)N1CCCC(CNC(=O)C(C)C)C1. The lowest BCUT2D eigenvalue weighted by atomic mass is 9.95. The van der Waals surface area contributed by atoms with Gasteiger partial charge in [-0.05, 0) is 31.7 Å². The molecule has 1 aliphatic rings. The highest BCUT2D eigenvalue weighted by Crippen LogP contribution is 2.21. The summed E-state index contributed by atoms with van der Waals surface area (Å²) in [5.41, 5.74) is 0. The number of rotatable bonds is 8. The molecule has 24 heavy (non-hydrogen) atoms. The molecule has 0 saturated carbocycles. The number of hydrogen-bond donors (Lipinski definition) is 1. The highest BCUT2D eigenvalue weighted by molar-refractivity contribution is 5.78. The summed E-state index contributed by atoms with van der Waals surface area (Å²) >= 11 is 0. The number of nitrogens with one attached hydrogen (secondary N) is 1. The summed E-state index contributed by atoms with van der Waals surface area (Å²) in [5, 5.41) is 2.96. The van der Waals surface area contributed by atoms with E-state index in [0.717, 1.165) is 19.4 Å². The van der Waals surface area contributed by atoms with Crippen LogP contribution in [0.2, 0.25) is 0 Å². The number of likely N-dealkylation sites (tertiary alicyclic amines) is 1. The van der Waals surface area contributed by atoms with E-state index in [4.69, 9.17) is 4.74 Å². The highest BCUT2D eigenvalue weighted by atomic mass is 16.5. The fourth-order valence-corrected chi connectivity index (χ4v) is 2.94. The second kappa shape index (κ2) is 10.3. The van der Waals surface area contributed by atoms with E-state index in [0.29, 0.717) is 25.4 Å². The maximum absolute atomic E-state index is 12.1. The Morgan fingerprint density at radius 1 is 1.21 bits per heavy atom. The molecule has 0 aromatic heterocycles. The lowest BCUT2D eigenvalue weighted by molar-refractivity contribution is -0.149. The third kappa shape index (κ3) is 6.47. The predicted octanol–water partition coefficient (Wildman–Crippen LogP) is 0.965. The molecule has 0 aliphatic carbocycles. The molecule has 1 fully saturated rings. The summed E-state index contributed by atoms with van der Waals surface area (Å²) in [4.78, 5) is 37.2. The Balaban J connectivity index is 2.60. The van der Waals surface area contributed by atoms with Crippen molar-refractivity contribution >= 4 is 17.8 Å². The Morgan fingerprint density at radius 2 is 1.92 bits per heavy atom. The Kier molecular flexibility index (Phi) is 8.74. The normalized spacial score (nSPS) is 19.6. The van der Waals surface area contributed by atoms with Gasteiger partial charge in [-0.25, -0.2) is 0 Å². The number of esters is 2. The van der Waals surface area contributed by atoms with E-state index in [2.05, 4.69) is 15.0 Å². The molecule has 0 radical (unpaired) electrons. The van der Waals surface area contributed by atoms with Crippen molar-refractivity contribution in [3.63, 3.8) is 0 Å².